The molecular weight excluding hydrogens is 246 g/mol. The Morgan fingerprint density at radius 1 is 1.44 bits per heavy atom. The molecule has 1 heterocycles. The first-order valence-corrected chi connectivity index (χ1v) is 7.71. The maximum atomic E-state index is 12.3. The molecule has 1 rings (SSSR count). The van der Waals surface area contributed by atoms with Gasteiger partial charge in [0.15, 0.2) is 0 Å². The van der Waals surface area contributed by atoms with Gasteiger partial charge in [0.2, 0.25) is 5.91 Å². The topological polar surface area (TPSA) is 20.3 Å². The summed E-state index contributed by atoms with van der Waals surface area (Å²) >= 11 is 5.80. The third-order valence-electron chi connectivity index (χ3n) is 4.35. The molecule has 1 aliphatic heterocycles. The van der Waals surface area contributed by atoms with Gasteiger partial charge in [0.05, 0.1) is 0 Å². The number of rotatable bonds is 4. The molecule has 0 aromatic rings. The van der Waals surface area contributed by atoms with Gasteiger partial charge in [0.25, 0.3) is 0 Å². The minimum atomic E-state index is 0.209. The number of amides is 1. The molecule has 0 aromatic heterocycles. The summed E-state index contributed by atoms with van der Waals surface area (Å²) in [6.07, 6.45) is 4.08. The molecule has 2 atom stereocenters. The van der Waals surface area contributed by atoms with Crippen molar-refractivity contribution in [3.8, 4) is 0 Å². The van der Waals surface area contributed by atoms with Gasteiger partial charge in [-0.1, -0.05) is 27.7 Å². The third kappa shape index (κ3) is 4.79. The number of halogens is 1. The Morgan fingerprint density at radius 3 is 2.67 bits per heavy atom. The number of carbonyl (C=O) groups excluding carboxylic acids is 1. The van der Waals surface area contributed by atoms with Crippen LogP contribution in [0.15, 0.2) is 0 Å². The van der Waals surface area contributed by atoms with Gasteiger partial charge in [-0.15, -0.1) is 11.6 Å². The van der Waals surface area contributed by atoms with Crippen LogP contribution in [0.3, 0.4) is 0 Å². The van der Waals surface area contributed by atoms with E-state index in [2.05, 4.69) is 32.6 Å². The monoisotopic (exact) mass is 273 g/mol. The second-order valence-corrected chi connectivity index (χ2v) is 7.17. The lowest BCUT2D eigenvalue weighted by atomic mass is 9.80. The van der Waals surface area contributed by atoms with Gasteiger partial charge < -0.3 is 4.90 Å². The van der Waals surface area contributed by atoms with E-state index in [1.807, 2.05) is 0 Å². The van der Waals surface area contributed by atoms with Crippen molar-refractivity contribution in [1.29, 1.82) is 0 Å². The molecule has 0 radical (unpaired) electrons. The number of alkyl halides is 1. The van der Waals surface area contributed by atoms with E-state index in [-0.39, 0.29) is 5.41 Å². The van der Waals surface area contributed by atoms with E-state index in [4.69, 9.17) is 11.6 Å². The maximum Gasteiger partial charge on any atom is 0.222 e. The van der Waals surface area contributed by atoms with E-state index >= 15 is 0 Å². The minimum Gasteiger partial charge on any atom is -0.342 e. The van der Waals surface area contributed by atoms with Crippen LogP contribution < -0.4 is 0 Å². The van der Waals surface area contributed by atoms with Gasteiger partial charge in [-0.05, 0) is 36.5 Å². The molecule has 0 aromatic carbocycles. The summed E-state index contributed by atoms with van der Waals surface area (Å²) in [5.74, 6) is 2.09. The Labute approximate surface area is 117 Å². The first kappa shape index (κ1) is 15.8. The molecule has 0 N–H and O–H groups in total. The summed E-state index contributed by atoms with van der Waals surface area (Å²) in [5, 5.41) is 0. The molecule has 18 heavy (non-hydrogen) atoms. The molecule has 1 saturated heterocycles. The Balaban J connectivity index is 2.46. The number of nitrogens with zero attached hydrogens (tertiary/aromatic N) is 1. The van der Waals surface area contributed by atoms with E-state index in [1.165, 1.54) is 6.42 Å². The molecule has 2 nitrogen and oxygen atoms in total. The molecular formula is C15H28ClNO. The van der Waals surface area contributed by atoms with Gasteiger partial charge in [0, 0.05) is 25.4 Å². The number of likely N-dealkylation sites (tertiary alicyclic amines) is 1. The van der Waals surface area contributed by atoms with Crippen LogP contribution in [0, 0.1) is 17.3 Å². The molecule has 1 aliphatic rings. The zero-order valence-corrected chi connectivity index (χ0v) is 13.1. The summed E-state index contributed by atoms with van der Waals surface area (Å²) in [5.41, 5.74) is 0.209. The molecule has 0 saturated carbocycles. The van der Waals surface area contributed by atoms with Crippen molar-refractivity contribution in [1.82, 2.24) is 4.90 Å². The average Bonchev–Trinajstić information content (AvgIpc) is 2.28. The smallest absolute Gasteiger partial charge is 0.222 e. The summed E-state index contributed by atoms with van der Waals surface area (Å²) in [7, 11) is 0. The Morgan fingerprint density at radius 2 is 2.11 bits per heavy atom. The molecule has 3 heteroatoms. The van der Waals surface area contributed by atoms with Crippen molar-refractivity contribution in [2.75, 3.05) is 19.0 Å². The van der Waals surface area contributed by atoms with Gasteiger partial charge in [0.1, 0.15) is 0 Å². The van der Waals surface area contributed by atoms with E-state index in [9.17, 15) is 4.79 Å². The highest BCUT2D eigenvalue weighted by Crippen LogP contribution is 2.29. The Hall–Kier alpha value is -0.240. The van der Waals surface area contributed by atoms with Crippen LogP contribution in [0.1, 0.15) is 53.4 Å². The van der Waals surface area contributed by atoms with Gasteiger partial charge in [-0.25, -0.2) is 0 Å². The molecule has 1 fully saturated rings. The predicted molar refractivity (Wildman–Crippen MR) is 77.9 cm³/mol. The largest absolute Gasteiger partial charge is 0.342 e. The molecule has 0 bridgehead atoms. The summed E-state index contributed by atoms with van der Waals surface area (Å²) in [4.78, 5) is 14.4. The maximum absolute atomic E-state index is 12.3. The van der Waals surface area contributed by atoms with E-state index in [0.717, 1.165) is 25.9 Å². The quantitative estimate of drug-likeness (QED) is 0.711. The van der Waals surface area contributed by atoms with Crippen molar-refractivity contribution in [3.05, 3.63) is 0 Å². The van der Waals surface area contributed by atoms with Crippen molar-refractivity contribution < 1.29 is 4.79 Å². The Kier molecular flexibility index (Phi) is 5.97. The van der Waals surface area contributed by atoms with Crippen molar-refractivity contribution in [2.45, 2.75) is 53.4 Å². The van der Waals surface area contributed by atoms with E-state index in [1.54, 1.807) is 0 Å². The van der Waals surface area contributed by atoms with Crippen LogP contribution in [0.5, 0.6) is 0 Å². The minimum absolute atomic E-state index is 0.209. The molecule has 106 valence electrons. The van der Waals surface area contributed by atoms with Crippen LogP contribution in [0.2, 0.25) is 0 Å². The van der Waals surface area contributed by atoms with Crippen LogP contribution in [0.4, 0.5) is 0 Å². The number of carbonyl (C=O) groups is 1. The zero-order valence-electron chi connectivity index (χ0n) is 12.3. The highest BCUT2D eigenvalue weighted by molar-refractivity contribution is 6.17. The van der Waals surface area contributed by atoms with Gasteiger partial charge in [-0.2, -0.15) is 0 Å². The highest BCUT2D eigenvalue weighted by atomic mass is 35.5. The average molecular weight is 274 g/mol. The fourth-order valence-electron chi connectivity index (χ4n) is 2.38. The van der Waals surface area contributed by atoms with Crippen LogP contribution in [0.25, 0.3) is 0 Å². The van der Waals surface area contributed by atoms with Gasteiger partial charge >= 0.3 is 0 Å². The standard InChI is InChI=1S/C15H28ClNO/c1-12(15(2,3)4)10-14(18)17-9-5-6-13(11-17)7-8-16/h12-13H,5-11H2,1-4H3. The second kappa shape index (κ2) is 6.79. The van der Waals surface area contributed by atoms with Crippen molar-refractivity contribution in [3.63, 3.8) is 0 Å². The van der Waals surface area contributed by atoms with Crippen molar-refractivity contribution in [2.24, 2.45) is 17.3 Å². The highest BCUT2D eigenvalue weighted by Gasteiger charge is 2.27. The fraction of sp³-hybridized carbons (Fsp3) is 0.933. The van der Waals surface area contributed by atoms with Crippen LogP contribution >= 0.6 is 11.6 Å². The first-order valence-electron chi connectivity index (χ1n) is 7.18. The van der Waals surface area contributed by atoms with Crippen molar-refractivity contribution >= 4 is 17.5 Å². The first-order chi connectivity index (χ1) is 8.34. The fourth-order valence-corrected chi connectivity index (χ4v) is 2.69. The number of hydrogen-bond donors (Lipinski definition) is 0. The van der Waals surface area contributed by atoms with Gasteiger partial charge in [-0.3, -0.25) is 4.79 Å². The number of hydrogen-bond acceptors (Lipinski definition) is 1. The molecule has 1 amide bonds. The summed E-state index contributed by atoms with van der Waals surface area (Å²) < 4.78 is 0. The summed E-state index contributed by atoms with van der Waals surface area (Å²) in [6, 6.07) is 0. The molecule has 0 aliphatic carbocycles. The Bertz CT molecular complexity index is 270. The van der Waals surface area contributed by atoms with E-state index < -0.39 is 0 Å². The second-order valence-electron chi connectivity index (χ2n) is 6.80. The molecule has 0 spiro atoms. The van der Waals surface area contributed by atoms with E-state index in [0.29, 0.717) is 30.0 Å². The third-order valence-corrected chi connectivity index (χ3v) is 4.57. The normalized spacial score (nSPS) is 22.9. The molecule has 2 unspecified atom stereocenters. The van der Waals surface area contributed by atoms with Crippen LogP contribution in [-0.2, 0) is 4.79 Å². The lowest BCUT2D eigenvalue weighted by molar-refractivity contribution is -0.134. The van der Waals surface area contributed by atoms with Crippen LogP contribution in [-0.4, -0.2) is 29.8 Å². The summed E-state index contributed by atoms with van der Waals surface area (Å²) in [6.45, 7) is 10.7. The lowest BCUT2D eigenvalue weighted by Crippen LogP contribution is -2.41. The number of piperidine rings is 1. The SMILES string of the molecule is CC(CC(=O)N1CCCC(CCCl)C1)C(C)(C)C. The predicted octanol–water partition coefficient (Wildman–Crippen LogP) is 3.93. The lowest BCUT2D eigenvalue weighted by Gasteiger charge is -2.35. The zero-order chi connectivity index (χ0) is 13.8.